The fourth-order valence-corrected chi connectivity index (χ4v) is 2.08. The number of aryl methyl sites for hydroxylation is 1. The van der Waals surface area contributed by atoms with E-state index in [-0.39, 0.29) is 12.3 Å². The Morgan fingerprint density at radius 3 is 2.52 bits per heavy atom. The number of non-ortho nitro benzene ring substituents is 1. The Hall–Kier alpha value is -2.56. The van der Waals surface area contributed by atoms with Crippen LogP contribution in [0.3, 0.4) is 0 Å². The first-order chi connectivity index (χ1) is 10.2. The van der Waals surface area contributed by atoms with Gasteiger partial charge in [-0.25, -0.2) is 0 Å². The van der Waals surface area contributed by atoms with Crippen LogP contribution in [0.15, 0.2) is 42.5 Å². The van der Waals surface area contributed by atoms with E-state index in [1.54, 1.807) is 6.07 Å². The maximum atomic E-state index is 10.9. The molecule has 0 aromatic heterocycles. The zero-order valence-electron chi connectivity index (χ0n) is 12.0. The SMILES string of the molecule is CCc1ccccc1OCc1cc([N+](=O)[O-])ccc1OC. The van der Waals surface area contributed by atoms with Crippen LogP contribution >= 0.6 is 0 Å². The molecule has 110 valence electrons. The van der Waals surface area contributed by atoms with Gasteiger partial charge in [0.2, 0.25) is 0 Å². The molecule has 0 aliphatic rings. The van der Waals surface area contributed by atoms with Crippen molar-refractivity contribution >= 4 is 5.69 Å². The highest BCUT2D eigenvalue weighted by Gasteiger charge is 2.12. The number of nitro groups is 1. The van der Waals surface area contributed by atoms with Crippen LogP contribution in [0, 0.1) is 10.1 Å². The lowest BCUT2D eigenvalue weighted by Crippen LogP contribution is -2.01. The number of benzene rings is 2. The third-order valence-electron chi connectivity index (χ3n) is 3.21. The van der Waals surface area contributed by atoms with E-state index in [2.05, 4.69) is 6.92 Å². The molecule has 0 saturated heterocycles. The molecule has 0 heterocycles. The molecule has 0 unspecified atom stereocenters. The quantitative estimate of drug-likeness (QED) is 0.599. The molecule has 0 fully saturated rings. The summed E-state index contributed by atoms with van der Waals surface area (Å²) in [7, 11) is 1.53. The molecule has 2 rings (SSSR count). The summed E-state index contributed by atoms with van der Waals surface area (Å²) < 4.78 is 11.0. The van der Waals surface area contributed by atoms with E-state index in [1.165, 1.54) is 19.2 Å². The highest BCUT2D eigenvalue weighted by molar-refractivity contribution is 5.44. The number of para-hydroxylation sites is 1. The molecule has 0 bridgehead atoms. The van der Waals surface area contributed by atoms with E-state index in [9.17, 15) is 10.1 Å². The van der Waals surface area contributed by atoms with Crippen molar-refractivity contribution < 1.29 is 14.4 Å². The van der Waals surface area contributed by atoms with Crippen molar-refractivity contribution in [2.45, 2.75) is 20.0 Å². The maximum Gasteiger partial charge on any atom is 0.270 e. The molecule has 0 N–H and O–H groups in total. The van der Waals surface area contributed by atoms with E-state index in [0.717, 1.165) is 17.7 Å². The van der Waals surface area contributed by atoms with E-state index in [0.29, 0.717) is 11.3 Å². The number of ether oxygens (including phenoxy) is 2. The standard InChI is InChI=1S/C16H17NO4/c1-3-12-6-4-5-7-16(12)21-11-13-10-14(17(18)19)8-9-15(13)20-2/h4-10H,3,11H2,1-2H3. The van der Waals surface area contributed by atoms with Crippen LogP contribution in [0.1, 0.15) is 18.1 Å². The van der Waals surface area contributed by atoms with Gasteiger partial charge in [-0.15, -0.1) is 0 Å². The zero-order chi connectivity index (χ0) is 15.2. The molecule has 0 amide bonds. The van der Waals surface area contributed by atoms with Crippen LogP contribution < -0.4 is 9.47 Å². The van der Waals surface area contributed by atoms with Crippen LogP contribution in [0.5, 0.6) is 11.5 Å². The Balaban J connectivity index is 2.22. The van der Waals surface area contributed by atoms with Crippen molar-refractivity contribution in [2.75, 3.05) is 7.11 Å². The van der Waals surface area contributed by atoms with Crippen LogP contribution in [-0.4, -0.2) is 12.0 Å². The minimum absolute atomic E-state index is 0.0261. The van der Waals surface area contributed by atoms with Gasteiger partial charge in [0.15, 0.2) is 0 Å². The highest BCUT2D eigenvalue weighted by atomic mass is 16.6. The molecule has 0 atom stereocenters. The third kappa shape index (κ3) is 3.51. The van der Waals surface area contributed by atoms with Gasteiger partial charge in [-0.1, -0.05) is 25.1 Å². The van der Waals surface area contributed by atoms with Gasteiger partial charge in [0.25, 0.3) is 5.69 Å². The van der Waals surface area contributed by atoms with Gasteiger partial charge >= 0.3 is 0 Å². The lowest BCUT2D eigenvalue weighted by atomic mass is 10.1. The van der Waals surface area contributed by atoms with Crippen molar-refractivity contribution in [1.82, 2.24) is 0 Å². The summed E-state index contributed by atoms with van der Waals surface area (Å²) in [6, 6.07) is 12.2. The number of hydrogen-bond donors (Lipinski definition) is 0. The molecule has 0 saturated carbocycles. The number of methoxy groups -OCH3 is 1. The van der Waals surface area contributed by atoms with E-state index in [4.69, 9.17) is 9.47 Å². The summed E-state index contributed by atoms with van der Waals surface area (Å²) in [5, 5.41) is 10.9. The third-order valence-corrected chi connectivity index (χ3v) is 3.21. The van der Waals surface area contributed by atoms with Crippen LogP contribution in [0.2, 0.25) is 0 Å². The summed E-state index contributed by atoms with van der Waals surface area (Å²) in [5.74, 6) is 1.36. The van der Waals surface area contributed by atoms with Crippen molar-refractivity contribution in [1.29, 1.82) is 0 Å². The fourth-order valence-electron chi connectivity index (χ4n) is 2.08. The van der Waals surface area contributed by atoms with E-state index >= 15 is 0 Å². The minimum Gasteiger partial charge on any atom is -0.496 e. The number of nitrogens with zero attached hydrogens (tertiary/aromatic N) is 1. The van der Waals surface area contributed by atoms with Gasteiger partial charge in [-0.05, 0) is 24.1 Å². The average molecular weight is 287 g/mol. The molecule has 0 radical (unpaired) electrons. The molecular formula is C16H17NO4. The van der Waals surface area contributed by atoms with Crippen molar-refractivity contribution in [3.8, 4) is 11.5 Å². The molecule has 0 aliphatic carbocycles. The van der Waals surface area contributed by atoms with Crippen molar-refractivity contribution in [3.05, 3.63) is 63.7 Å². The van der Waals surface area contributed by atoms with Gasteiger partial charge < -0.3 is 9.47 Å². The van der Waals surface area contributed by atoms with E-state index < -0.39 is 4.92 Å². The number of hydrogen-bond acceptors (Lipinski definition) is 4. The normalized spacial score (nSPS) is 10.2. The summed E-state index contributed by atoms with van der Waals surface area (Å²) in [5.41, 5.74) is 1.78. The van der Waals surface area contributed by atoms with Gasteiger partial charge in [-0.3, -0.25) is 10.1 Å². The second kappa shape index (κ2) is 6.74. The first kappa shape index (κ1) is 14.8. The molecule has 5 heteroatoms. The summed E-state index contributed by atoms with van der Waals surface area (Å²) in [4.78, 5) is 10.4. The Kier molecular flexibility index (Phi) is 4.77. The Morgan fingerprint density at radius 2 is 1.86 bits per heavy atom. The molecule has 2 aromatic carbocycles. The molecule has 0 aliphatic heterocycles. The summed E-state index contributed by atoms with van der Waals surface area (Å²) in [6.45, 7) is 2.28. The monoisotopic (exact) mass is 287 g/mol. The van der Waals surface area contributed by atoms with E-state index in [1.807, 2.05) is 24.3 Å². The maximum absolute atomic E-state index is 10.9. The Morgan fingerprint density at radius 1 is 1.10 bits per heavy atom. The highest BCUT2D eigenvalue weighted by Crippen LogP contribution is 2.26. The van der Waals surface area contributed by atoms with Gasteiger partial charge in [0.1, 0.15) is 18.1 Å². The topological polar surface area (TPSA) is 61.6 Å². The molecule has 2 aromatic rings. The second-order valence-corrected chi connectivity index (χ2v) is 4.50. The Bertz CT molecular complexity index is 640. The second-order valence-electron chi connectivity index (χ2n) is 4.50. The molecule has 21 heavy (non-hydrogen) atoms. The fraction of sp³-hybridized carbons (Fsp3) is 0.250. The lowest BCUT2D eigenvalue weighted by molar-refractivity contribution is -0.385. The van der Waals surface area contributed by atoms with Crippen LogP contribution in [0.25, 0.3) is 0 Å². The average Bonchev–Trinajstić information content (AvgIpc) is 2.52. The molecule has 5 nitrogen and oxygen atoms in total. The molecular weight excluding hydrogens is 270 g/mol. The Labute approximate surface area is 123 Å². The zero-order valence-corrected chi connectivity index (χ0v) is 12.0. The number of rotatable bonds is 6. The molecule has 0 spiro atoms. The van der Waals surface area contributed by atoms with Crippen LogP contribution in [0.4, 0.5) is 5.69 Å². The number of nitro benzene ring substituents is 1. The van der Waals surface area contributed by atoms with Gasteiger partial charge in [0, 0.05) is 17.7 Å². The first-order valence-corrected chi connectivity index (χ1v) is 6.67. The lowest BCUT2D eigenvalue weighted by Gasteiger charge is -2.12. The summed E-state index contributed by atoms with van der Waals surface area (Å²) in [6.07, 6.45) is 0.863. The van der Waals surface area contributed by atoms with Crippen LogP contribution in [-0.2, 0) is 13.0 Å². The van der Waals surface area contributed by atoms with Crippen molar-refractivity contribution in [3.63, 3.8) is 0 Å². The minimum atomic E-state index is -0.428. The largest absolute Gasteiger partial charge is 0.496 e. The first-order valence-electron chi connectivity index (χ1n) is 6.67. The van der Waals surface area contributed by atoms with Crippen molar-refractivity contribution in [2.24, 2.45) is 0 Å². The summed E-state index contributed by atoms with van der Waals surface area (Å²) >= 11 is 0. The van der Waals surface area contributed by atoms with Gasteiger partial charge in [-0.2, -0.15) is 0 Å². The predicted molar refractivity (Wildman–Crippen MR) is 79.8 cm³/mol. The van der Waals surface area contributed by atoms with Gasteiger partial charge in [0.05, 0.1) is 12.0 Å². The predicted octanol–water partition coefficient (Wildman–Crippen LogP) is 3.74. The smallest absolute Gasteiger partial charge is 0.270 e.